The largest absolute Gasteiger partial charge is 0.465 e. The monoisotopic (exact) mass is 479 g/mol. The van der Waals surface area contributed by atoms with Crippen LogP contribution in [0.25, 0.3) is 0 Å². The van der Waals surface area contributed by atoms with Crippen LogP contribution in [0.2, 0.25) is 0 Å². The first-order chi connectivity index (χ1) is 16.2. The number of nitrogens with zero attached hydrogens (tertiary/aromatic N) is 2. The average Bonchev–Trinajstić information content (AvgIpc) is 3.56. The van der Waals surface area contributed by atoms with Crippen molar-refractivity contribution in [2.75, 3.05) is 23.9 Å². The number of amides is 3. The van der Waals surface area contributed by atoms with Crippen LogP contribution in [-0.4, -0.2) is 48.3 Å². The van der Waals surface area contributed by atoms with Crippen LogP contribution in [0.1, 0.15) is 44.8 Å². The molecule has 5 heterocycles. The molecule has 0 radical (unpaired) electrons. The molecule has 1 N–H and O–H groups in total. The molecule has 4 aliphatic rings. The number of carbonyl (C=O) groups is 4. The molecule has 9 heteroatoms. The number of carbonyl (C=O) groups excluding carboxylic acids is 4. The van der Waals surface area contributed by atoms with Gasteiger partial charge in [-0.1, -0.05) is 18.2 Å². The molecular weight excluding hydrogens is 454 g/mol. The van der Waals surface area contributed by atoms with Crippen molar-refractivity contribution in [1.82, 2.24) is 4.90 Å². The molecule has 8 nitrogen and oxygen atoms in total. The highest BCUT2D eigenvalue weighted by Gasteiger charge is 2.75. The van der Waals surface area contributed by atoms with E-state index in [1.165, 1.54) is 23.3 Å². The van der Waals surface area contributed by atoms with Gasteiger partial charge in [0.15, 0.2) is 0 Å². The van der Waals surface area contributed by atoms with Gasteiger partial charge in [0.2, 0.25) is 17.7 Å². The summed E-state index contributed by atoms with van der Waals surface area (Å²) in [7, 11) is 1.29. The van der Waals surface area contributed by atoms with E-state index in [-0.39, 0.29) is 23.4 Å². The van der Waals surface area contributed by atoms with Crippen molar-refractivity contribution in [2.45, 2.75) is 45.2 Å². The Morgan fingerprint density at radius 2 is 1.94 bits per heavy atom. The Bertz CT molecular complexity index is 1320. The topological polar surface area (TPSA) is 96.0 Å². The maximum atomic E-state index is 14.2. The molecule has 4 atom stereocenters. The quantitative estimate of drug-likeness (QED) is 0.526. The Morgan fingerprint density at radius 3 is 2.68 bits per heavy atom. The molecule has 6 rings (SSSR count). The van der Waals surface area contributed by atoms with Gasteiger partial charge >= 0.3 is 5.97 Å². The highest BCUT2D eigenvalue weighted by atomic mass is 32.1. The second kappa shape index (κ2) is 6.99. The lowest BCUT2D eigenvalue weighted by atomic mass is 9.75. The van der Waals surface area contributed by atoms with Crippen molar-refractivity contribution in [2.24, 2.45) is 11.8 Å². The molecule has 0 bridgehead atoms. The van der Waals surface area contributed by atoms with Crippen LogP contribution < -0.4 is 10.2 Å². The van der Waals surface area contributed by atoms with E-state index in [1.807, 2.05) is 32.0 Å². The molecule has 2 aromatic rings. The molecule has 0 aliphatic carbocycles. The summed E-state index contributed by atoms with van der Waals surface area (Å²) in [5, 5.41) is 3.33. The fourth-order valence-electron chi connectivity index (χ4n) is 6.69. The normalized spacial score (nSPS) is 29.6. The number of imide groups is 1. The minimum atomic E-state index is -1.22. The van der Waals surface area contributed by atoms with Crippen molar-refractivity contribution in [3.8, 4) is 0 Å². The Kier molecular flexibility index (Phi) is 4.42. The number of hydrogen-bond acceptors (Lipinski definition) is 7. The minimum Gasteiger partial charge on any atom is -0.465 e. The van der Waals surface area contributed by atoms with E-state index in [9.17, 15) is 19.2 Å². The number of para-hydroxylation sites is 1. The molecule has 176 valence electrons. The van der Waals surface area contributed by atoms with Gasteiger partial charge in [0.25, 0.3) is 0 Å². The van der Waals surface area contributed by atoms with Gasteiger partial charge < -0.3 is 10.1 Å². The molecule has 0 saturated carbocycles. The Hall–Kier alpha value is -3.04. The molecule has 1 aromatic heterocycles. The summed E-state index contributed by atoms with van der Waals surface area (Å²) in [5.74, 6) is -3.05. The van der Waals surface area contributed by atoms with Crippen molar-refractivity contribution in [1.29, 1.82) is 0 Å². The fraction of sp³-hybridized carbons (Fsp3) is 0.440. The number of aryl methyl sites for hydroxylation is 2. The molecule has 1 spiro atoms. The molecule has 4 aliphatic heterocycles. The van der Waals surface area contributed by atoms with Crippen LogP contribution in [0.3, 0.4) is 0 Å². The lowest BCUT2D eigenvalue weighted by Gasteiger charge is -2.36. The number of nitrogens with one attached hydrogen (secondary N) is 1. The van der Waals surface area contributed by atoms with Gasteiger partial charge in [0.05, 0.1) is 24.5 Å². The third kappa shape index (κ3) is 2.31. The summed E-state index contributed by atoms with van der Waals surface area (Å²) < 4.78 is 4.98. The van der Waals surface area contributed by atoms with E-state index in [4.69, 9.17) is 4.74 Å². The van der Waals surface area contributed by atoms with Gasteiger partial charge in [-0.2, -0.15) is 0 Å². The highest BCUT2D eigenvalue weighted by molar-refractivity contribution is 7.17. The molecule has 3 amide bonds. The van der Waals surface area contributed by atoms with Crippen LogP contribution in [-0.2, 0) is 24.7 Å². The standard InChI is InChI=1S/C25H25N3O5S/c1-11-7-5-8-14-19(11)26-24(32)25(14)18-17(15-9-6-10-27(15)25)20(29)28(21(18)30)22-16(23(31)33-4)12(2)13(3)34-22/h5,7-8,15,17-18H,6,9-10H2,1-4H3,(H,26,32)/t15-,17+,18+,25+/m0/s1. The van der Waals surface area contributed by atoms with Crippen LogP contribution in [0, 0.1) is 32.6 Å². The van der Waals surface area contributed by atoms with Crippen molar-refractivity contribution < 1.29 is 23.9 Å². The van der Waals surface area contributed by atoms with Gasteiger partial charge in [0.1, 0.15) is 10.5 Å². The summed E-state index contributed by atoms with van der Waals surface area (Å²) in [6, 6.07) is 5.53. The van der Waals surface area contributed by atoms with E-state index >= 15 is 0 Å². The predicted molar refractivity (Wildman–Crippen MR) is 126 cm³/mol. The van der Waals surface area contributed by atoms with Crippen molar-refractivity contribution >= 4 is 45.7 Å². The second-order valence-corrected chi connectivity index (χ2v) is 10.8. The van der Waals surface area contributed by atoms with Crippen molar-refractivity contribution in [3.63, 3.8) is 0 Å². The second-order valence-electron chi connectivity index (χ2n) is 9.59. The van der Waals surface area contributed by atoms with E-state index in [0.29, 0.717) is 17.1 Å². The maximum absolute atomic E-state index is 14.2. The molecule has 1 aromatic carbocycles. The molecular formula is C25H25N3O5S. The van der Waals surface area contributed by atoms with E-state index in [2.05, 4.69) is 10.2 Å². The Balaban J connectivity index is 1.56. The number of methoxy groups -OCH3 is 1. The molecule has 3 fully saturated rings. The van der Waals surface area contributed by atoms with Gasteiger partial charge in [-0.25, -0.2) is 9.69 Å². The zero-order valence-corrected chi connectivity index (χ0v) is 20.2. The predicted octanol–water partition coefficient (Wildman–Crippen LogP) is 2.89. The fourth-order valence-corrected chi connectivity index (χ4v) is 7.84. The zero-order chi connectivity index (χ0) is 24.1. The average molecular weight is 480 g/mol. The minimum absolute atomic E-state index is 0.201. The number of esters is 1. The van der Waals surface area contributed by atoms with Crippen LogP contribution >= 0.6 is 11.3 Å². The van der Waals surface area contributed by atoms with Crippen LogP contribution in [0.15, 0.2) is 18.2 Å². The molecule has 34 heavy (non-hydrogen) atoms. The lowest BCUT2D eigenvalue weighted by molar-refractivity contribution is -0.135. The first-order valence-corrected chi connectivity index (χ1v) is 12.3. The number of rotatable bonds is 2. The lowest BCUT2D eigenvalue weighted by Crippen LogP contribution is -2.54. The number of hydrogen-bond donors (Lipinski definition) is 1. The van der Waals surface area contributed by atoms with Gasteiger partial charge in [-0.15, -0.1) is 11.3 Å². The summed E-state index contributed by atoms with van der Waals surface area (Å²) in [6.07, 6.45) is 1.60. The summed E-state index contributed by atoms with van der Waals surface area (Å²) in [5.41, 5.74) is 2.15. The summed E-state index contributed by atoms with van der Waals surface area (Å²) in [6.45, 7) is 6.23. The van der Waals surface area contributed by atoms with E-state index in [1.54, 1.807) is 6.92 Å². The Labute approximate surface area is 200 Å². The van der Waals surface area contributed by atoms with Crippen LogP contribution in [0.5, 0.6) is 0 Å². The highest BCUT2D eigenvalue weighted by Crippen LogP contribution is 2.61. The van der Waals surface area contributed by atoms with Crippen LogP contribution in [0.4, 0.5) is 10.7 Å². The summed E-state index contributed by atoms with van der Waals surface area (Å²) >= 11 is 1.24. The van der Waals surface area contributed by atoms with E-state index < -0.39 is 29.3 Å². The van der Waals surface area contributed by atoms with Gasteiger partial charge in [0, 0.05) is 22.2 Å². The third-order valence-corrected chi connectivity index (χ3v) is 9.39. The number of anilines is 2. The number of fused-ring (bicyclic) bond motifs is 7. The maximum Gasteiger partial charge on any atom is 0.341 e. The van der Waals surface area contributed by atoms with E-state index in [0.717, 1.165) is 34.5 Å². The number of benzene rings is 1. The molecule has 0 unspecified atom stereocenters. The van der Waals surface area contributed by atoms with Crippen molar-refractivity contribution in [3.05, 3.63) is 45.3 Å². The third-order valence-electron chi connectivity index (χ3n) is 8.20. The zero-order valence-electron chi connectivity index (χ0n) is 19.4. The Morgan fingerprint density at radius 1 is 1.18 bits per heavy atom. The molecule has 3 saturated heterocycles. The van der Waals surface area contributed by atoms with Gasteiger partial charge in [-0.05, 0) is 51.3 Å². The first-order valence-electron chi connectivity index (χ1n) is 11.5. The SMILES string of the molecule is COC(=O)c1c(N2C(=O)[C@@H]3[C@@H]4CCCN4[C@@]4(C(=O)Nc5c(C)cccc54)[C@H]3C2=O)sc(C)c1C. The number of thiophene rings is 1. The first kappa shape index (κ1) is 21.5. The number of ether oxygens (including phenoxy) is 1. The smallest absolute Gasteiger partial charge is 0.341 e. The van der Waals surface area contributed by atoms with Gasteiger partial charge in [-0.3, -0.25) is 19.3 Å². The summed E-state index contributed by atoms with van der Waals surface area (Å²) in [4.78, 5) is 58.6.